The summed E-state index contributed by atoms with van der Waals surface area (Å²) < 4.78 is 0. The van der Waals surface area contributed by atoms with Crippen molar-refractivity contribution in [3.8, 4) is 0 Å². The molecule has 3 nitrogen and oxygen atoms in total. The van der Waals surface area contributed by atoms with Crippen LogP contribution in [0.25, 0.3) is 0 Å². The zero-order valence-electron chi connectivity index (χ0n) is 12.8. The van der Waals surface area contributed by atoms with Crippen molar-refractivity contribution in [2.45, 2.75) is 52.2 Å². The second kappa shape index (κ2) is 6.89. The minimum absolute atomic E-state index is 0.203. The Hall–Kier alpha value is -1.35. The number of carbonyl (C=O) groups excluding carboxylic acids is 1. The Bertz CT molecular complexity index is 426. The van der Waals surface area contributed by atoms with Crippen molar-refractivity contribution in [3.63, 3.8) is 0 Å². The van der Waals surface area contributed by atoms with Crippen LogP contribution in [0.15, 0.2) is 30.3 Å². The number of nitrogens with one attached hydrogen (secondary N) is 1. The molecule has 2 rings (SSSR count). The molecule has 0 bridgehead atoms. The van der Waals surface area contributed by atoms with Gasteiger partial charge in [-0.05, 0) is 39.2 Å². The molecule has 20 heavy (non-hydrogen) atoms. The van der Waals surface area contributed by atoms with Crippen molar-refractivity contribution in [1.82, 2.24) is 10.2 Å². The van der Waals surface area contributed by atoms with Gasteiger partial charge in [-0.3, -0.25) is 9.69 Å². The lowest BCUT2D eigenvalue weighted by molar-refractivity contribution is -0.123. The van der Waals surface area contributed by atoms with E-state index in [1.165, 1.54) is 5.56 Å². The lowest BCUT2D eigenvalue weighted by Gasteiger charge is -2.29. The zero-order chi connectivity index (χ0) is 14.5. The number of nitrogens with zero attached hydrogens (tertiary/aromatic N) is 1. The minimum Gasteiger partial charge on any atom is -0.352 e. The second-order valence-electron chi connectivity index (χ2n) is 6.19. The Morgan fingerprint density at radius 1 is 1.25 bits per heavy atom. The van der Waals surface area contributed by atoms with E-state index in [-0.39, 0.29) is 11.9 Å². The van der Waals surface area contributed by atoms with E-state index in [0.29, 0.717) is 12.0 Å². The molecule has 1 N–H and O–H groups in total. The van der Waals surface area contributed by atoms with Crippen molar-refractivity contribution in [2.75, 3.05) is 6.54 Å². The molecule has 1 unspecified atom stereocenters. The molecule has 0 saturated heterocycles. The Morgan fingerprint density at radius 3 is 2.45 bits per heavy atom. The summed E-state index contributed by atoms with van der Waals surface area (Å²) in [5.74, 6) is 0.528. The van der Waals surface area contributed by atoms with Gasteiger partial charge in [-0.15, -0.1) is 0 Å². The maximum Gasteiger partial charge on any atom is 0.223 e. The molecule has 0 aliphatic heterocycles. The SMILES string of the molecule is CC(CN(Cc1ccccc1)C(C)C)NC(=O)C1CC1. The number of amides is 1. The lowest BCUT2D eigenvalue weighted by atomic mass is 10.1. The van der Waals surface area contributed by atoms with Crippen LogP contribution in [0, 0.1) is 5.92 Å². The van der Waals surface area contributed by atoms with Gasteiger partial charge in [-0.1, -0.05) is 30.3 Å². The van der Waals surface area contributed by atoms with E-state index in [9.17, 15) is 4.79 Å². The Kier molecular flexibility index (Phi) is 5.18. The van der Waals surface area contributed by atoms with E-state index in [4.69, 9.17) is 0 Å². The number of carbonyl (C=O) groups is 1. The van der Waals surface area contributed by atoms with Gasteiger partial charge in [0.05, 0.1) is 0 Å². The van der Waals surface area contributed by atoms with Crippen molar-refractivity contribution in [3.05, 3.63) is 35.9 Å². The topological polar surface area (TPSA) is 32.3 Å². The first-order chi connectivity index (χ1) is 9.56. The minimum atomic E-state index is 0.203. The third-order valence-electron chi connectivity index (χ3n) is 3.80. The Balaban J connectivity index is 1.86. The van der Waals surface area contributed by atoms with E-state index in [0.717, 1.165) is 25.9 Å². The molecule has 1 aromatic rings. The molecule has 0 aromatic heterocycles. The number of hydrogen-bond donors (Lipinski definition) is 1. The van der Waals surface area contributed by atoms with Gasteiger partial charge in [0, 0.05) is 31.1 Å². The van der Waals surface area contributed by atoms with Gasteiger partial charge in [0.2, 0.25) is 5.91 Å². The van der Waals surface area contributed by atoms with Gasteiger partial charge in [0.25, 0.3) is 0 Å². The van der Waals surface area contributed by atoms with Gasteiger partial charge >= 0.3 is 0 Å². The third-order valence-corrected chi connectivity index (χ3v) is 3.80. The van der Waals surface area contributed by atoms with Crippen LogP contribution in [0.5, 0.6) is 0 Å². The predicted octanol–water partition coefficient (Wildman–Crippen LogP) is 2.81. The molecule has 0 radical (unpaired) electrons. The van der Waals surface area contributed by atoms with E-state index in [1.54, 1.807) is 0 Å². The van der Waals surface area contributed by atoms with Crippen LogP contribution < -0.4 is 5.32 Å². The summed E-state index contributed by atoms with van der Waals surface area (Å²) in [6, 6.07) is 11.2. The van der Waals surface area contributed by atoms with E-state index < -0.39 is 0 Å². The molecular weight excluding hydrogens is 248 g/mol. The van der Waals surface area contributed by atoms with Crippen LogP contribution in [0.1, 0.15) is 39.2 Å². The van der Waals surface area contributed by atoms with Crippen LogP contribution in [-0.4, -0.2) is 29.4 Å². The normalized spacial score (nSPS) is 16.4. The van der Waals surface area contributed by atoms with Crippen molar-refractivity contribution in [1.29, 1.82) is 0 Å². The fourth-order valence-electron chi connectivity index (χ4n) is 2.38. The molecule has 3 heteroatoms. The van der Waals surface area contributed by atoms with Crippen LogP contribution in [0.3, 0.4) is 0 Å². The second-order valence-corrected chi connectivity index (χ2v) is 6.19. The van der Waals surface area contributed by atoms with Crippen molar-refractivity contribution in [2.24, 2.45) is 5.92 Å². The molecule has 0 heterocycles. The molecule has 1 aliphatic carbocycles. The van der Waals surface area contributed by atoms with Crippen LogP contribution in [-0.2, 0) is 11.3 Å². The van der Waals surface area contributed by atoms with Crippen LogP contribution in [0.2, 0.25) is 0 Å². The third kappa shape index (κ3) is 4.64. The molecule has 110 valence electrons. The first-order valence-corrected chi connectivity index (χ1v) is 7.64. The first-order valence-electron chi connectivity index (χ1n) is 7.64. The number of benzene rings is 1. The average Bonchev–Trinajstić information content (AvgIpc) is 3.23. The van der Waals surface area contributed by atoms with Gasteiger partial charge in [-0.2, -0.15) is 0 Å². The van der Waals surface area contributed by atoms with E-state index in [1.807, 2.05) is 6.07 Å². The first kappa shape index (κ1) is 15.0. The molecule has 1 aromatic carbocycles. The average molecular weight is 274 g/mol. The largest absolute Gasteiger partial charge is 0.352 e. The summed E-state index contributed by atoms with van der Waals surface area (Å²) in [6.07, 6.45) is 2.13. The van der Waals surface area contributed by atoms with Crippen LogP contribution in [0.4, 0.5) is 0 Å². The van der Waals surface area contributed by atoms with Crippen molar-refractivity contribution >= 4 is 5.91 Å². The molecular formula is C17H26N2O. The fourth-order valence-corrected chi connectivity index (χ4v) is 2.38. The van der Waals surface area contributed by atoms with Gasteiger partial charge < -0.3 is 5.32 Å². The van der Waals surface area contributed by atoms with E-state index >= 15 is 0 Å². The highest BCUT2D eigenvalue weighted by molar-refractivity contribution is 5.81. The Labute approximate surface area is 122 Å². The zero-order valence-corrected chi connectivity index (χ0v) is 12.8. The highest BCUT2D eigenvalue weighted by Crippen LogP contribution is 2.28. The number of hydrogen-bond acceptors (Lipinski definition) is 2. The summed E-state index contributed by atoms with van der Waals surface area (Å²) >= 11 is 0. The highest BCUT2D eigenvalue weighted by atomic mass is 16.2. The highest BCUT2D eigenvalue weighted by Gasteiger charge is 2.30. The summed E-state index contributed by atoms with van der Waals surface area (Å²) in [6.45, 7) is 8.34. The summed E-state index contributed by atoms with van der Waals surface area (Å²) in [5, 5.41) is 3.13. The number of rotatable bonds is 7. The van der Waals surface area contributed by atoms with Crippen LogP contribution >= 0.6 is 0 Å². The molecule has 1 amide bonds. The Morgan fingerprint density at radius 2 is 1.90 bits per heavy atom. The van der Waals surface area contributed by atoms with Gasteiger partial charge in [0.1, 0.15) is 0 Å². The van der Waals surface area contributed by atoms with Crippen molar-refractivity contribution < 1.29 is 4.79 Å². The smallest absolute Gasteiger partial charge is 0.223 e. The molecule has 1 aliphatic rings. The standard InChI is InChI=1S/C17H26N2O/c1-13(2)19(12-15-7-5-4-6-8-15)11-14(3)18-17(20)16-9-10-16/h4-8,13-14,16H,9-12H2,1-3H3,(H,18,20). The quantitative estimate of drug-likeness (QED) is 0.829. The molecule has 1 saturated carbocycles. The molecule has 0 spiro atoms. The predicted molar refractivity (Wildman–Crippen MR) is 82.3 cm³/mol. The summed E-state index contributed by atoms with van der Waals surface area (Å²) in [5.41, 5.74) is 1.32. The lowest BCUT2D eigenvalue weighted by Crippen LogP contribution is -2.44. The molecule has 1 atom stereocenters. The maximum absolute atomic E-state index is 11.8. The monoisotopic (exact) mass is 274 g/mol. The molecule has 1 fully saturated rings. The van der Waals surface area contributed by atoms with Gasteiger partial charge in [0.15, 0.2) is 0 Å². The summed E-state index contributed by atoms with van der Waals surface area (Å²) in [4.78, 5) is 14.2. The fraction of sp³-hybridized carbons (Fsp3) is 0.588. The summed E-state index contributed by atoms with van der Waals surface area (Å²) in [7, 11) is 0. The maximum atomic E-state index is 11.8. The van der Waals surface area contributed by atoms with Gasteiger partial charge in [-0.25, -0.2) is 0 Å². The van der Waals surface area contributed by atoms with E-state index in [2.05, 4.69) is 55.3 Å².